The Labute approximate surface area is 124 Å². The highest BCUT2D eigenvalue weighted by Gasteiger charge is 2.48. The summed E-state index contributed by atoms with van der Waals surface area (Å²) in [6, 6.07) is 6.71. The number of aromatic carboxylic acids is 1. The summed E-state index contributed by atoms with van der Waals surface area (Å²) in [5.41, 5.74) is 1.15. The van der Waals surface area contributed by atoms with Gasteiger partial charge in [-0.2, -0.15) is 0 Å². The molecule has 0 aromatic heterocycles. The van der Waals surface area contributed by atoms with Crippen molar-refractivity contribution in [3.63, 3.8) is 0 Å². The number of benzene rings is 1. The molecule has 0 heterocycles. The molecule has 2 N–H and O–H groups in total. The summed E-state index contributed by atoms with van der Waals surface area (Å²) in [6.07, 6.45) is 6.47. The fourth-order valence-corrected chi connectivity index (χ4v) is 3.45. The zero-order valence-electron chi connectivity index (χ0n) is 12.1. The second-order valence-corrected chi connectivity index (χ2v) is 6.41. The predicted octanol–water partition coefficient (Wildman–Crippen LogP) is 2.62. The van der Waals surface area contributed by atoms with Gasteiger partial charge < -0.3 is 10.4 Å². The molecule has 21 heavy (non-hydrogen) atoms. The van der Waals surface area contributed by atoms with E-state index in [1.807, 2.05) is 0 Å². The van der Waals surface area contributed by atoms with E-state index in [2.05, 4.69) is 5.32 Å². The van der Waals surface area contributed by atoms with Crippen molar-refractivity contribution >= 4 is 11.9 Å². The van der Waals surface area contributed by atoms with Crippen LogP contribution in [0.1, 0.15) is 48.0 Å². The third-order valence-electron chi connectivity index (χ3n) is 5.03. The number of rotatable bonds is 6. The molecule has 112 valence electrons. The molecule has 3 rings (SSSR count). The van der Waals surface area contributed by atoms with Gasteiger partial charge in [0.05, 0.1) is 12.0 Å². The Morgan fingerprint density at radius 2 is 1.95 bits per heavy atom. The Morgan fingerprint density at radius 3 is 2.52 bits per heavy atom. The van der Waals surface area contributed by atoms with Gasteiger partial charge in [-0.05, 0) is 48.6 Å². The van der Waals surface area contributed by atoms with Crippen molar-refractivity contribution < 1.29 is 14.7 Å². The molecule has 4 heteroatoms. The quantitative estimate of drug-likeness (QED) is 0.845. The number of carboxylic acid groups (broad SMARTS) is 1. The zero-order valence-corrected chi connectivity index (χ0v) is 12.1. The summed E-state index contributed by atoms with van der Waals surface area (Å²) in [6.45, 7) is 0.756. The highest BCUT2D eigenvalue weighted by molar-refractivity contribution is 5.91. The Hall–Kier alpha value is -1.84. The van der Waals surface area contributed by atoms with Crippen molar-refractivity contribution in [2.45, 2.75) is 38.5 Å². The van der Waals surface area contributed by atoms with Gasteiger partial charge in [-0.3, -0.25) is 4.79 Å². The Bertz CT molecular complexity index is 559. The maximum Gasteiger partial charge on any atom is 0.335 e. The van der Waals surface area contributed by atoms with E-state index in [-0.39, 0.29) is 17.9 Å². The zero-order chi connectivity index (χ0) is 14.9. The van der Waals surface area contributed by atoms with Crippen molar-refractivity contribution in [2.75, 3.05) is 6.54 Å². The Morgan fingerprint density at radius 1 is 1.24 bits per heavy atom. The first kappa shape index (κ1) is 14.1. The second kappa shape index (κ2) is 5.51. The van der Waals surface area contributed by atoms with Crippen LogP contribution in [0.25, 0.3) is 0 Å². The average Bonchev–Trinajstić information content (AvgIpc) is 3.23. The number of carbonyl (C=O) groups is 2. The number of amides is 1. The van der Waals surface area contributed by atoms with Crippen LogP contribution in [-0.2, 0) is 11.2 Å². The maximum absolute atomic E-state index is 12.1. The van der Waals surface area contributed by atoms with Crippen molar-refractivity contribution in [2.24, 2.45) is 11.3 Å². The predicted molar refractivity (Wildman–Crippen MR) is 79.1 cm³/mol. The van der Waals surface area contributed by atoms with Crippen molar-refractivity contribution in [3.8, 4) is 0 Å². The molecule has 2 fully saturated rings. The lowest BCUT2D eigenvalue weighted by atomic mass is 9.65. The minimum absolute atomic E-state index is 0.0735. The largest absolute Gasteiger partial charge is 0.478 e. The van der Waals surface area contributed by atoms with E-state index >= 15 is 0 Å². The van der Waals surface area contributed by atoms with E-state index < -0.39 is 5.97 Å². The number of nitrogens with one attached hydrogen (secondary N) is 1. The maximum atomic E-state index is 12.1. The van der Waals surface area contributed by atoms with Gasteiger partial charge in [0.1, 0.15) is 0 Å². The monoisotopic (exact) mass is 287 g/mol. The summed E-state index contributed by atoms with van der Waals surface area (Å²) in [7, 11) is 0. The molecular formula is C17H21NO3. The van der Waals surface area contributed by atoms with Gasteiger partial charge in [0, 0.05) is 6.54 Å². The molecule has 0 saturated heterocycles. The lowest BCUT2D eigenvalue weighted by Gasteiger charge is -2.42. The van der Waals surface area contributed by atoms with Crippen molar-refractivity contribution in [1.82, 2.24) is 5.32 Å². The van der Waals surface area contributed by atoms with Gasteiger partial charge in [-0.25, -0.2) is 4.79 Å². The fourth-order valence-electron chi connectivity index (χ4n) is 3.45. The molecular weight excluding hydrogens is 266 g/mol. The van der Waals surface area contributed by atoms with Crippen LogP contribution in [0.15, 0.2) is 24.3 Å². The Balaban J connectivity index is 1.58. The van der Waals surface area contributed by atoms with E-state index in [0.717, 1.165) is 12.5 Å². The lowest BCUT2D eigenvalue weighted by molar-refractivity contribution is -0.121. The van der Waals surface area contributed by atoms with Gasteiger partial charge in [-0.15, -0.1) is 0 Å². The molecule has 1 amide bonds. The smallest absolute Gasteiger partial charge is 0.335 e. The lowest BCUT2D eigenvalue weighted by Crippen LogP contribution is -2.44. The fraction of sp³-hybridized carbons (Fsp3) is 0.529. The van der Waals surface area contributed by atoms with Crippen LogP contribution in [0.3, 0.4) is 0 Å². The van der Waals surface area contributed by atoms with Gasteiger partial charge in [0.25, 0.3) is 0 Å². The van der Waals surface area contributed by atoms with Crippen LogP contribution in [0.2, 0.25) is 0 Å². The summed E-state index contributed by atoms with van der Waals surface area (Å²) in [5.74, 6) is -0.250. The van der Waals surface area contributed by atoms with Gasteiger partial charge in [0.15, 0.2) is 0 Å². The van der Waals surface area contributed by atoms with E-state index in [0.29, 0.717) is 11.0 Å². The average molecular weight is 287 g/mol. The van der Waals surface area contributed by atoms with Crippen LogP contribution >= 0.6 is 0 Å². The van der Waals surface area contributed by atoms with Crippen molar-refractivity contribution in [1.29, 1.82) is 0 Å². The third-order valence-corrected chi connectivity index (χ3v) is 5.03. The van der Waals surface area contributed by atoms with E-state index in [4.69, 9.17) is 5.11 Å². The minimum Gasteiger partial charge on any atom is -0.478 e. The molecule has 0 bridgehead atoms. The number of carboxylic acids is 1. The molecule has 0 spiro atoms. The van der Waals surface area contributed by atoms with E-state index in [9.17, 15) is 9.59 Å². The SMILES string of the molecule is O=C(Cc1ccccc1C(=O)O)NCC1(C2CC2)CCC1. The number of hydrogen-bond donors (Lipinski definition) is 2. The molecule has 0 radical (unpaired) electrons. The summed E-state index contributed by atoms with van der Waals surface area (Å²) < 4.78 is 0. The summed E-state index contributed by atoms with van der Waals surface area (Å²) in [5, 5.41) is 12.2. The normalized spacial score (nSPS) is 19.6. The first-order valence-corrected chi connectivity index (χ1v) is 7.69. The van der Waals surface area contributed by atoms with Gasteiger partial charge in [0.2, 0.25) is 5.91 Å². The highest BCUT2D eigenvalue weighted by atomic mass is 16.4. The van der Waals surface area contributed by atoms with E-state index in [1.54, 1.807) is 24.3 Å². The molecule has 1 aromatic rings. The molecule has 4 nitrogen and oxygen atoms in total. The van der Waals surface area contributed by atoms with Crippen molar-refractivity contribution in [3.05, 3.63) is 35.4 Å². The third kappa shape index (κ3) is 2.94. The number of hydrogen-bond acceptors (Lipinski definition) is 2. The molecule has 2 aliphatic rings. The number of carbonyl (C=O) groups excluding carboxylic acids is 1. The van der Waals surface area contributed by atoms with Crippen LogP contribution in [0, 0.1) is 11.3 Å². The first-order chi connectivity index (χ1) is 10.1. The Kier molecular flexibility index (Phi) is 3.70. The first-order valence-electron chi connectivity index (χ1n) is 7.69. The molecule has 2 saturated carbocycles. The molecule has 0 unspecified atom stereocenters. The molecule has 2 aliphatic carbocycles. The van der Waals surface area contributed by atoms with Crippen LogP contribution in [0.4, 0.5) is 0 Å². The molecule has 0 aliphatic heterocycles. The second-order valence-electron chi connectivity index (χ2n) is 6.41. The van der Waals surface area contributed by atoms with Crippen LogP contribution in [0.5, 0.6) is 0 Å². The highest BCUT2D eigenvalue weighted by Crippen LogP contribution is 2.56. The van der Waals surface area contributed by atoms with Crippen LogP contribution < -0.4 is 5.32 Å². The topological polar surface area (TPSA) is 66.4 Å². The summed E-state index contributed by atoms with van der Waals surface area (Å²) in [4.78, 5) is 23.3. The van der Waals surface area contributed by atoms with Gasteiger partial charge in [-0.1, -0.05) is 24.6 Å². The van der Waals surface area contributed by atoms with Crippen LogP contribution in [-0.4, -0.2) is 23.5 Å². The molecule has 0 atom stereocenters. The summed E-state index contributed by atoms with van der Waals surface area (Å²) >= 11 is 0. The minimum atomic E-state index is -0.980. The standard InChI is InChI=1S/C17H21NO3/c19-15(10-12-4-1-2-5-14(12)16(20)21)18-11-17(8-3-9-17)13-6-7-13/h1-2,4-5,13H,3,6-11H2,(H,18,19)(H,20,21). The van der Waals surface area contributed by atoms with Gasteiger partial charge >= 0.3 is 5.97 Å². The van der Waals surface area contributed by atoms with E-state index in [1.165, 1.54) is 32.1 Å². The molecule has 1 aromatic carbocycles.